The van der Waals surface area contributed by atoms with E-state index in [0.29, 0.717) is 6.04 Å². The van der Waals surface area contributed by atoms with Crippen LogP contribution in [-0.2, 0) is 4.74 Å². The molecule has 0 bridgehead atoms. The Morgan fingerprint density at radius 2 is 2.11 bits per heavy atom. The van der Waals surface area contributed by atoms with Crippen molar-refractivity contribution in [3.63, 3.8) is 0 Å². The minimum Gasteiger partial charge on any atom is -0.379 e. The molecule has 18 heavy (non-hydrogen) atoms. The summed E-state index contributed by atoms with van der Waals surface area (Å²) in [5.41, 5.74) is 2.16. The quantitative estimate of drug-likeness (QED) is 0.806. The second kappa shape index (κ2) is 6.86. The Balaban J connectivity index is 2.80. The molecule has 3 nitrogen and oxygen atoms in total. The van der Waals surface area contributed by atoms with E-state index in [-0.39, 0.29) is 5.60 Å². The third kappa shape index (κ3) is 4.75. The molecule has 0 saturated carbocycles. The van der Waals surface area contributed by atoms with E-state index in [9.17, 15) is 0 Å². The number of rotatable bonds is 7. The predicted molar refractivity (Wildman–Crippen MR) is 75.7 cm³/mol. The van der Waals surface area contributed by atoms with Crippen LogP contribution in [0.3, 0.4) is 0 Å². The molecule has 0 aromatic carbocycles. The third-order valence-electron chi connectivity index (χ3n) is 3.23. The maximum Gasteiger partial charge on any atom is 0.0640 e. The molecule has 0 aliphatic carbocycles. The van der Waals surface area contributed by atoms with Gasteiger partial charge in [-0.1, -0.05) is 13.0 Å². The largest absolute Gasteiger partial charge is 0.379 e. The van der Waals surface area contributed by atoms with Crippen molar-refractivity contribution in [3.8, 4) is 0 Å². The SMILES string of the molecule is CCCNC(CC(C)(C)OC)c1ccc(C)nc1. The molecule has 0 amide bonds. The lowest BCUT2D eigenvalue weighted by atomic mass is 9.94. The molecule has 1 atom stereocenters. The predicted octanol–water partition coefficient (Wildman–Crippen LogP) is 3.25. The van der Waals surface area contributed by atoms with Crippen molar-refractivity contribution in [2.75, 3.05) is 13.7 Å². The topological polar surface area (TPSA) is 34.1 Å². The first-order chi connectivity index (χ1) is 8.48. The van der Waals surface area contributed by atoms with Crippen molar-refractivity contribution in [3.05, 3.63) is 29.6 Å². The van der Waals surface area contributed by atoms with Gasteiger partial charge in [0.25, 0.3) is 0 Å². The van der Waals surface area contributed by atoms with Crippen molar-refractivity contribution in [2.45, 2.75) is 52.2 Å². The Morgan fingerprint density at radius 3 is 2.61 bits per heavy atom. The van der Waals surface area contributed by atoms with Gasteiger partial charge in [-0.15, -0.1) is 0 Å². The van der Waals surface area contributed by atoms with E-state index in [4.69, 9.17) is 4.74 Å². The summed E-state index contributed by atoms with van der Waals surface area (Å²) in [4.78, 5) is 4.38. The van der Waals surface area contributed by atoms with Crippen LogP contribution in [0.1, 0.15) is 50.9 Å². The summed E-state index contributed by atoms with van der Waals surface area (Å²) in [5.74, 6) is 0. The van der Waals surface area contributed by atoms with Crippen molar-refractivity contribution in [1.82, 2.24) is 10.3 Å². The standard InChI is InChI=1S/C15H26N2O/c1-6-9-16-14(10-15(3,4)18-5)13-8-7-12(2)17-11-13/h7-8,11,14,16H,6,9-10H2,1-5H3. The first kappa shape index (κ1) is 15.1. The monoisotopic (exact) mass is 250 g/mol. The van der Waals surface area contributed by atoms with Gasteiger partial charge < -0.3 is 10.1 Å². The maximum atomic E-state index is 5.53. The number of pyridine rings is 1. The Bertz CT molecular complexity index is 346. The lowest BCUT2D eigenvalue weighted by molar-refractivity contribution is 0.00682. The van der Waals surface area contributed by atoms with E-state index in [1.807, 2.05) is 13.1 Å². The second-order valence-corrected chi connectivity index (χ2v) is 5.41. The molecule has 1 N–H and O–H groups in total. The van der Waals surface area contributed by atoms with Crippen molar-refractivity contribution in [1.29, 1.82) is 0 Å². The highest BCUT2D eigenvalue weighted by molar-refractivity contribution is 5.17. The summed E-state index contributed by atoms with van der Waals surface area (Å²) < 4.78 is 5.53. The molecule has 102 valence electrons. The van der Waals surface area contributed by atoms with Crippen LogP contribution in [0, 0.1) is 6.92 Å². The van der Waals surface area contributed by atoms with Gasteiger partial charge in [-0.25, -0.2) is 0 Å². The normalized spacial score (nSPS) is 13.6. The highest BCUT2D eigenvalue weighted by atomic mass is 16.5. The molecule has 1 unspecified atom stereocenters. The van der Waals surface area contributed by atoms with Crippen LogP contribution >= 0.6 is 0 Å². The fourth-order valence-electron chi connectivity index (χ4n) is 1.89. The van der Waals surface area contributed by atoms with Crippen LogP contribution in [0.25, 0.3) is 0 Å². The van der Waals surface area contributed by atoms with Gasteiger partial charge in [0.05, 0.1) is 5.60 Å². The molecule has 0 aliphatic heterocycles. The van der Waals surface area contributed by atoms with Gasteiger partial charge in [-0.2, -0.15) is 0 Å². The zero-order valence-corrected chi connectivity index (χ0v) is 12.3. The lowest BCUT2D eigenvalue weighted by Crippen LogP contribution is -2.32. The molecule has 3 heteroatoms. The second-order valence-electron chi connectivity index (χ2n) is 5.41. The fourth-order valence-corrected chi connectivity index (χ4v) is 1.89. The van der Waals surface area contributed by atoms with Crippen LogP contribution in [-0.4, -0.2) is 24.2 Å². The molecule has 1 rings (SSSR count). The maximum absolute atomic E-state index is 5.53. The number of hydrogen-bond acceptors (Lipinski definition) is 3. The Kier molecular flexibility index (Phi) is 5.76. The summed E-state index contributed by atoms with van der Waals surface area (Å²) in [6, 6.07) is 4.52. The first-order valence-corrected chi connectivity index (χ1v) is 6.69. The first-order valence-electron chi connectivity index (χ1n) is 6.69. The van der Waals surface area contributed by atoms with Gasteiger partial charge in [0, 0.05) is 25.0 Å². The zero-order chi connectivity index (χ0) is 13.6. The molecule has 0 spiro atoms. The minimum absolute atomic E-state index is 0.129. The van der Waals surface area contributed by atoms with E-state index in [0.717, 1.165) is 25.1 Å². The molecule has 0 radical (unpaired) electrons. The summed E-state index contributed by atoms with van der Waals surface area (Å²) in [6.07, 6.45) is 4.03. The number of nitrogens with zero attached hydrogens (tertiary/aromatic N) is 1. The Labute approximate surface area is 111 Å². The average Bonchev–Trinajstić information content (AvgIpc) is 2.35. The van der Waals surface area contributed by atoms with Gasteiger partial charge in [-0.3, -0.25) is 4.98 Å². The van der Waals surface area contributed by atoms with E-state index in [1.165, 1.54) is 5.56 Å². The molecular formula is C15H26N2O. The van der Waals surface area contributed by atoms with Gasteiger partial charge in [0.15, 0.2) is 0 Å². The van der Waals surface area contributed by atoms with Crippen LogP contribution < -0.4 is 5.32 Å². The van der Waals surface area contributed by atoms with Crippen LogP contribution in [0.5, 0.6) is 0 Å². The number of nitrogens with one attached hydrogen (secondary N) is 1. The summed E-state index contributed by atoms with van der Waals surface area (Å²) in [7, 11) is 1.77. The lowest BCUT2D eigenvalue weighted by Gasteiger charge is -2.29. The fraction of sp³-hybridized carbons (Fsp3) is 0.667. The van der Waals surface area contributed by atoms with Crippen molar-refractivity contribution in [2.24, 2.45) is 0 Å². The molecule has 1 heterocycles. The van der Waals surface area contributed by atoms with Crippen molar-refractivity contribution >= 4 is 0 Å². The number of aryl methyl sites for hydroxylation is 1. The highest BCUT2D eigenvalue weighted by Gasteiger charge is 2.23. The molecular weight excluding hydrogens is 224 g/mol. The van der Waals surface area contributed by atoms with E-state index < -0.39 is 0 Å². The number of aromatic nitrogens is 1. The van der Waals surface area contributed by atoms with Gasteiger partial charge >= 0.3 is 0 Å². The Hall–Kier alpha value is -0.930. The molecule has 1 aromatic rings. The van der Waals surface area contributed by atoms with Crippen molar-refractivity contribution < 1.29 is 4.74 Å². The number of hydrogen-bond donors (Lipinski definition) is 1. The number of ether oxygens (including phenoxy) is 1. The molecule has 0 aliphatic rings. The average molecular weight is 250 g/mol. The van der Waals surface area contributed by atoms with Crippen LogP contribution in [0.4, 0.5) is 0 Å². The van der Waals surface area contributed by atoms with Crippen LogP contribution in [0.2, 0.25) is 0 Å². The van der Waals surface area contributed by atoms with Gasteiger partial charge in [-0.05, 0) is 51.8 Å². The summed E-state index contributed by atoms with van der Waals surface area (Å²) in [5, 5.41) is 3.58. The Morgan fingerprint density at radius 1 is 1.39 bits per heavy atom. The highest BCUT2D eigenvalue weighted by Crippen LogP contribution is 2.25. The van der Waals surface area contributed by atoms with E-state index in [1.54, 1.807) is 7.11 Å². The summed E-state index contributed by atoms with van der Waals surface area (Å²) in [6.45, 7) is 9.44. The van der Waals surface area contributed by atoms with Crippen LogP contribution in [0.15, 0.2) is 18.3 Å². The molecule has 1 aromatic heterocycles. The van der Waals surface area contributed by atoms with E-state index in [2.05, 4.69) is 43.2 Å². The molecule has 0 saturated heterocycles. The van der Waals surface area contributed by atoms with E-state index >= 15 is 0 Å². The number of methoxy groups -OCH3 is 1. The molecule has 0 fully saturated rings. The minimum atomic E-state index is -0.129. The smallest absolute Gasteiger partial charge is 0.0640 e. The third-order valence-corrected chi connectivity index (χ3v) is 3.23. The zero-order valence-electron chi connectivity index (χ0n) is 12.3. The van der Waals surface area contributed by atoms with Gasteiger partial charge in [0.1, 0.15) is 0 Å². The van der Waals surface area contributed by atoms with Gasteiger partial charge in [0.2, 0.25) is 0 Å². The summed E-state index contributed by atoms with van der Waals surface area (Å²) >= 11 is 0.